The van der Waals surface area contributed by atoms with Crippen LogP contribution in [0.3, 0.4) is 0 Å². The molecular weight excluding hydrogens is 477 g/mol. The highest BCUT2D eigenvalue weighted by Crippen LogP contribution is 2.37. The fourth-order valence-corrected chi connectivity index (χ4v) is 3.43. The van der Waals surface area contributed by atoms with Crippen LogP contribution < -0.4 is 20.3 Å². The summed E-state index contributed by atoms with van der Waals surface area (Å²) in [6.07, 6.45) is -3.42. The van der Waals surface area contributed by atoms with Crippen molar-refractivity contribution in [2.75, 3.05) is 29.9 Å². The highest BCUT2D eigenvalue weighted by atomic mass is 79.9. The third-order valence-electron chi connectivity index (χ3n) is 4.28. The van der Waals surface area contributed by atoms with Gasteiger partial charge in [0, 0.05) is 31.2 Å². The van der Waals surface area contributed by atoms with Crippen LogP contribution in [0, 0.1) is 0 Å². The van der Waals surface area contributed by atoms with Gasteiger partial charge in [0.25, 0.3) is 5.91 Å². The van der Waals surface area contributed by atoms with Gasteiger partial charge in [0.1, 0.15) is 11.6 Å². The van der Waals surface area contributed by atoms with Crippen LogP contribution in [0.15, 0.2) is 34.9 Å². The Morgan fingerprint density at radius 2 is 2.17 bits per heavy atom. The van der Waals surface area contributed by atoms with Crippen LogP contribution in [0.25, 0.3) is 0 Å². The number of ether oxygens (including phenoxy) is 1. The van der Waals surface area contributed by atoms with E-state index >= 15 is 0 Å². The Balaban J connectivity index is 1.74. The molecule has 0 unspecified atom stereocenters. The summed E-state index contributed by atoms with van der Waals surface area (Å²) in [5.41, 5.74) is 0.316. The minimum Gasteiger partial charge on any atom is -0.405 e. The molecule has 0 bridgehead atoms. The number of hydrogen-bond acceptors (Lipinski definition) is 5. The highest BCUT2D eigenvalue weighted by Gasteiger charge is 2.33. The molecule has 2 aromatic rings. The van der Waals surface area contributed by atoms with Crippen LogP contribution in [-0.2, 0) is 0 Å². The lowest BCUT2D eigenvalue weighted by atomic mass is 10.2. The van der Waals surface area contributed by atoms with E-state index in [0.717, 1.165) is 31.5 Å². The highest BCUT2D eigenvalue weighted by molar-refractivity contribution is 9.10. The van der Waals surface area contributed by atoms with Gasteiger partial charge in [0.15, 0.2) is 0 Å². The summed E-state index contributed by atoms with van der Waals surface area (Å²) >= 11 is 8.84. The van der Waals surface area contributed by atoms with Crippen molar-refractivity contribution in [3.63, 3.8) is 0 Å². The summed E-state index contributed by atoms with van der Waals surface area (Å²) in [5, 5.41) is 5.80. The zero-order valence-corrected chi connectivity index (χ0v) is 17.5. The molecule has 3 rings (SSSR count). The van der Waals surface area contributed by atoms with Gasteiger partial charge in [0.05, 0.1) is 21.4 Å². The van der Waals surface area contributed by atoms with Gasteiger partial charge in [-0.3, -0.25) is 4.79 Å². The molecular formula is C18H17BrClF3N4O2. The third kappa shape index (κ3) is 5.52. The number of alkyl halides is 3. The van der Waals surface area contributed by atoms with E-state index in [-0.39, 0.29) is 21.1 Å². The molecule has 1 fully saturated rings. The summed E-state index contributed by atoms with van der Waals surface area (Å²) < 4.78 is 41.5. The van der Waals surface area contributed by atoms with Crippen LogP contribution >= 0.6 is 27.5 Å². The van der Waals surface area contributed by atoms with E-state index in [9.17, 15) is 18.0 Å². The first-order valence-corrected chi connectivity index (χ1v) is 9.80. The maximum absolute atomic E-state index is 12.5. The fourth-order valence-electron chi connectivity index (χ4n) is 2.91. The van der Waals surface area contributed by atoms with Crippen molar-refractivity contribution in [2.24, 2.45) is 0 Å². The number of pyridine rings is 1. The third-order valence-corrected chi connectivity index (χ3v) is 5.63. The van der Waals surface area contributed by atoms with Crippen molar-refractivity contribution in [2.45, 2.75) is 19.3 Å². The number of aromatic nitrogens is 1. The Morgan fingerprint density at radius 1 is 1.41 bits per heavy atom. The Morgan fingerprint density at radius 3 is 2.79 bits per heavy atom. The fraction of sp³-hybridized carbons (Fsp3) is 0.333. The lowest BCUT2D eigenvalue weighted by Gasteiger charge is -2.34. The number of carbonyl (C=O) groups excluding carboxylic acids is 1. The van der Waals surface area contributed by atoms with E-state index in [0.29, 0.717) is 5.69 Å². The van der Waals surface area contributed by atoms with Gasteiger partial charge < -0.3 is 20.3 Å². The van der Waals surface area contributed by atoms with E-state index in [1.807, 2.05) is 0 Å². The topological polar surface area (TPSA) is 66.5 Å². The number of halogens is 5. The van der Waals surface area contributed by atoms with E-state index in [1.54, 1.807) is 12.1 Å². The molecule has 1 atom stereocenters. The minimum atomic E-state index is -4.91. The first-order chi connectivity index (χ1) is 13.6. The van der Waals surface area contributed by atoms with Crippen molar-refractivity contribution in [3.05, 3.63) is 45.5 Å². The largest absolute Gasteiger partial charge is 0.573 e. The molecule has 1 aromatic carbocycles. The molecule has 29 heavy (non-hydrogen) atoms. The number of piperazine rings is 1. The van der Waals surface area contributed by atoms with E-state index < -0.39 is 18.0 Å². The van der Waals surface area contributed by atoms with Crippen molar-refractivity contribution in [1.82, 2.24) is 10.3 Å². The normalized spacial score (nSPS) is 17.2. The lowest BCUT2D eigenvalue weighted by molar-refractivity contribution is -0.274. The van der Waals surface area contributed by atoms with Crippen LogP contribution in [0.1, 0.15) is 17.3 Å². The van der Waals surface area contributed by atoms with Gasteiger partial charge in [-0.05, 0) is 47.1 Å². The number of rotatable bonds is 4. The molecule has 0 radical (unpaired) electrons. The molecule has 1 aromatic heterocycles. The molecule has 2 heterocycles. The molecule has 0 spiro atoms. The number of nitrogens with zero attached hydrogens (tertiary/aromatic N) is 2. The van der Waals surface area contributed by atoms with Gasteiger partial charge in [0.2, 0.25) is 0 Å². The second-order valence-corrected chi connectivity index (χ2v) is 7.62. The summed E-state index contributed by atoms with van der Waals surface area (Å²) in [5.74, 6) is -0.461. The van der Waals surface area contributed by atoms with Gasteiger partial charge in [-0.25, -0.2) is 4.98 Å². The number of amides is 1. The Hall–Kier alpha value is -2.04. The maximum atomic E-state index is 12.5. The smallest absolute Gasteiger partial charge is 0.405 e. The van der Waals surface area contributed by atoms with Crippen LogP contribution in [-0.4, -0.2) is 42.9 Å². The molecule has 1 aliphatic heterocycles. The number of carbonyl (C=O) groups is 1. The standard InChI is InChI=1S/C18H17BrClF3N4O2/c1-10-8-24-4-5-27(10)15-3-2-12(9-25-15)26-17(28)11-6-13(20)16(19)14(7-11)29-18(21,22)23/h2-3,6-7,9-10,24H,4-5,8H2,1H3,(H,26,28)/t10-/m1/s1. The zero-order valence-electron chi connectivity index (χ0n) is 15.2. The predicted octanol–water partition coefficient (Wildman–Crippen LogP) is 4.45. The molecule has 2 N–H and O–H groups in total. The van der Waals surface area contributed by atoms with Gasteiger partial charge in [-0.2, -0.15) is 0 Å². The van der Waals surface area contributed by atoms with E-state index in [4.69, 9.17) is 11.6 Å². The van der Waals surface area contributed by atoms with Gasteiger partial charge in [-0.1, -0.05) is 11.6 Å². The number of hydrogen-bond donors (Lipinski definition) is 2. The summed E-state index contributed by atoms with van der Waals surface area (Å²) in [6.45, 7) is 4.62. The number of benzene rings is 1. The van der Waals surface area contributed by atoms with Crippen molar-refractivity contribution in [1.29, 1.82) is 0 Å². The summed E-state index contributed by atoms with van der Waals surface area (Å²) in [4.78, 5) is 19.0. The van der Waals surface area contributed by atoms with E-state index in [2.05, 4.69) is 48.1 Å². The quantitative estimate of drug-likeness (QED) is 0.659. The molecule has 1 aliphatic rings. The van der Waals surface area contributed by atoms with Gasteiger partial charge in [-0.15, -0.1) is 13.2 Å². The first-order valence-electron chi connectivity index (χ1n) is 8.63. The van der Waals surface area contributed by atoms with Crippen molar-refractivity contribution in [3.8, 4) is 5.75 Å². The average Bonchev–Trinajstić information content (AvgIpc) is 2.65. The lowest BCUT2D eigenvalue weighted by Crippen LogP contribution is -2.50. The molecule has 0 aliphatic carbocycles. The number of nitrogens with one attached hydrogen (secondary N) is 2. The monoisotopic (exact) mass is 492 g/mol. The molecule has 11 heteroatoms. The average molecular weight is 494 g/mol. The molecule has 156 valence electrons. The molecule has 1 amide bonds. The maximum Gasteiger partial charge on any atom is 0.573 e. The van der Waals surface area contributed by atoms with E-state index in [1.165, 1.54) is 12.3 Å². The first kappa shape index (κ1) is 21.7. The molecule has 0 saturated carbocycles. The van der Waals surface area contributed by atoms with Crippen molar-refractivity contribution >= 4 is 44.9 Å². The Labute approximate surface area is 178 Å². The molecule has 1 saturated heterocycles. The minimum absolute atomic E-state index is 0.0851. The Bertz CT molecular complexity index is 896. The van der Waals surface area contributed by atoms with Crippen LogP contribution in [0.4, 0.5) is 24.7 Å². The second kappa shape index (κ2) is 8.76. The zero-order chi connectivity index (χ0) is 21.2. The van der Waals surface area contributed by atoms with Gasteiger partial charge >= 0.3 is 6.36 Å². The van der Waals surface area contributed by atoms with Crippen LogP contribution in [0.2, 0.25) is 5.02 Å². The predicted molar refractivity (Wildman–Crippen MR) is 108 cm³/mol. The summed E-state index contributed by atoms with van der Waals surface area (Å²) in [6, 6.07) is 5.96. The number of anilines is 2. The summed E-state index contributed by atoms with van der Waals surface area (Å²) in [7, 11) is 0. The Kier molecular flexibility index (Phi) is 6.55. The second-order valence-electron chi connectivity index (χ2n) is 6.42. The SMILES string of the molecule is C[C@@H]1CNCCN1c1ccc(NC(=O)c2cc(Cl)c(Br)c(OC(F)(F)F)c2)cn1. The molecule has 6 nitrogen and oxygen atoms in total. The van der Waals surface area contributed by atoms with Crippen LogP contribution in [0.5, 0.6) is 5.75 Å². The van der Waals surface area contributed by atoms with Crippen molar-refractivity contribution < 1.29 is 22.7 Å².